The topological polar surface area (TPSA) is 38.3 Å². The Morgan fingerprint density at radius 1 is 1.43 bits per heavy atom. The number of nitrogens with one attached hydrogen (secondary N) is 1. The Labute approximate surface area is 90.6 Å². The van der Waals surface area contributed by atoms with Crippen molar-refractivity contribution in [3.05, 3.63) is 34.3 Å². The minimum Gasteiger partial charge on any atom is -0.362 e. The summed E-state index contributed by atoms with van der Waals surface area (Å²) in [6, 6.07) is 7.87. The summed E-state index contributed by atoms with van der Waals surface area (Å²) in [5.41, 5.74) is 1.08. The fourth-order valence-electron chi connectivity index (χ4n) is 1.43. The van der Waals surface area contributed by atoms with Gasteiger partial charge in [0.15, 0.2) is 0 Å². The molecule has 1 atom stereocenters. The molecule has 0 bridgehead atoms. The second kappa shape index (κ2) is 4.11. The number of carbonyl (C=O) groups excluding carboxylic acids is 1. The molecular weight excluding hydrogens is 246 g/mol. The van der Waals surface area contributed by atoms with E-state index in [2.05, 4.69) is 21.2 Å². The van der Waals surface area contributed by atoms with Crippen molar-refractivity contribution in [2.24, 2.45) is 0 Å². The van der Waals surface area contributed by atoms with Gasteiger partial charge in [-0.3, -0.25) is 4.79 Å². The monoisotopic (exact) mass is 255 g/mol. The maximum atomic E-state index is 10.9. The molecule has 1 saturated heterocycles. The van der Waals surface area contributed by atoms with Crippen LogP contribution in [0.3, 0.4) is 0 Å². The molecule has 4 heteroatoms. The highest BCUT2D eigenvalue weighted by Gasteiger charge is 2.21. The highest BCUT2D eigenvalue weighted by atomic mass is 79.9. The van der Waals surface area contributed by atoms with Crippen LogP contribution in [-0.4, -0.2) is 19.1 Å². The van der Waals surface area contributed by atoms with Crippen molar-refractivity contribution < 1.29 is 9.53 Å². The van der Waals surface area contributed by atoms with E-state index in [0.29, 0.717) is 6.54 Å². The Hall–Kier alpha value is -0.870. The highest BCUT2D eigenvalue weighted by Crippen LogP contribution is 2.26. The zero-order valence-corrected chi connectivity index (χ0v) is 9.08. The number of benzene rings is 1. The standard InChI is InChI=1S/C10H10BrNO2/c11-8-4-2-1-3-7(8)9-5-12-10(13)6-14-9/h1-4,9H,5-6H2,(H,12,13)/t9-/m1/s1. The van der Waals surface area contributed by atoms with Crippen LogP contribution in [0.25, 0.3) is 0 Å². The SMILES string of the molecule is O=C1CO[C@@H](c2ccccc2Br)CN1. The summed E-state index contributed by atoms with van der Waals surface area (Å²) < 4.78 is 6.43. The number of ether oxygens (including phenoxy) is 1. The van der Waals surface area contributed by atoms with E-state index in [1.54, 1.807) is 0 Å². The normalized spacial score (nSPS) is 21.8. The van der Waals surface area contributed by atoms with E-state index in [0.717, 1.165) is 10.0 Å². The van der Waals surface area contributed by atoms with Crippen LogP contribution >= 0.6 is 15.9 Å². The number of hydrogen-bond donors (Lipinski definition) is 1. The fraction of sp³-hybridized carbons (Fsp3) is 0.300. The summed E-state index contributed by atoms with van der Waals surface area (Å²) in [6.45, 7) is 0.688. The first-order valence-corrected chi connectivity index (χ1v) is 5.19. The first kappa shape index (κ1) is 9.68. The lowest BCUT2D eigenvalue weighted by molar-refractivity contribution is -0.133. The molecule has 1 aromatic carbocycles. The van der Waals surface area contributed by atoms with Crippen LogP contribution in [0.1, 0.15) is 11.7 Å². The van der Waals surface area contributed by atoms with Crippen LogP contribution in [0.5, 0.6) is 0 Å². The van der Waals surface area contributed by atoms with E-state index < -0.39 is 0 Å². The van der Waals surface area contributed by atoms with Gasteiger partial charge in [0.05, 0.1) is 0 Å². The second-order valence-corrected chi connectivity index (χ2v) is 3.98. The fourth-order valence-corrected chi connectivity index (χ4v) is 1.97. The molecule has 14 heavy (non-hydrogen) atoms. The molecule has 0 unspecified atom stereocenters. The van der Waals surface area contributed by atoms with Crippen molar-refractivity contribution in [3.63, 3.8) is 0 Å². The molecule has 3 nitrogen and oxygen atoms in total. The van der Waals surface area contributed by atoms with Gasteiger partial charge in [0.25, 0.3) is 0 Å². The van der Waals surface area contributed by atoms with Crippen molar-refractivity contribution in [2.75, 3.05) is 13.2 Å². The maximum absolute atomic E-state index is 10.9. The van der Waals surface area contributed by atoms with Crippen LogP contribution in [0.4, 0.5) is 0 Å². The molecule has 0 aromatic heterocycles. The average Bonchev–Trinajstić information content (AvgIpc) is 2.20. The minimum atomic E-state index is -0.0479. The van der Waals surface area contributed by atoms with Crippen molar-refractivity contribution in [3.8, 4) is 0 Å². The van der Waals surface area contributed by atoms with Gasteiger partial charge in [-0.05, 0) is 11.6 Å². The van der Waals surface area contributed by atoms with Gasteiger partial charge >= 0.3 is 0 Å². The average molecular weight is 256 g/mol. The summed E-state index contributed by atoms with van der Waals surface area (Å²) in [5, 5.41) is 2.77. The number of hydrogen-bond acceptors (Lipinski definition) is 2. The van der Waals surface area contributed by atoms with Crippen molar-refractivity contribution in [1.29, 1.82) is 0 Å². The van der Waals surface area contributed by atoms with Gasteiger partial charge in [0.1, 0.15) is 12.7 Å². The molecule has 2 rings (SSSR count). The van der Waals surface area contributed by atoms with E-state index >= 15 is 0 Å². The summed E-state index contributed by atoms with van der Waals surface area (Å²) in [4.78, 5) is 10.9. The summed E-state index contributed by atoms with van der Waals surface area (Å²) in [7, 11) is 0. The molecular formula is C10H10BrNO2. The summed E-state index contributed by atoms with van der Waals surface area (Å²) >= 11 is 3.45. The molecule has 74 valence electrons. The van der Waals surface area contributed by atoms with Crippen LogP contribution in [0.2, 0.25) is 0 Å². The molecule has 0 saturated carbocycles. The highest BCUT2D eigenvalue weighted by molar-refractivity contribution is 9.10. The van der Waals surface area contributed by atoms with Gasteiger partial charge in [-0.25, -0.2) is 0 Å². The Morgan fingerprint density at radius 3 is 2.86 bits per heavy atom. The predicted molar refractivity (Wildman–Crippen MR) is 55.8 cm³/mol. The molecule has 1 amide bonds. The Bertz CT molecular complexity index is 344. The van der Waals surface area contributed by atoms with E-state index in [4.69, 9.17) is 4.74 Å². The second-order valence-electron chi connectivity index (χ2n) is 3.13. The molecule has 0 spiro atoms. The van der Waals surface area contributed by atoms with E-state index in [9.17, 15) is 4.79 Å². The van der Waals surface area contributed by atoms with Crippen LogP contribution in [0, 0.1) is 0 Å². The maximum Gasteiger partial charge on any atom is 0.246 e. The predicted octanol–water partition coefficient (Wildman–Crippen LogP) is 1.64. The third-order valence-electron chi connectivity index (χ3n) is 2.15. The molecule has 1 heterocycles. The Morgan fingerprint density at radius 2 is 2.21 bits per heavy atom. The van der Waals surface area contributed by atoms with Crippen molar-refractivity contribution in [2.45, 2.75) is 6.10 Å². The number of morpholine rings is 1. The first-order valence-electron chi connectivity index (χ1n) is 4.40. The first-order chi connectivity index (χ1) is 6.77. The Balaban J connectivity index is 2.16. The number of halogens is 1. The molecule has 1 aliphatic heterocycles. The largest absolute Gasteiger partial charge is 0.362 e. The minimum absolute atomic E-state index is 0.0386. The lowest BCUT2D eigenvalue weighted by Crippen LogP contribution is -2.38. The summed E-state index contributed by atoms with van der Waals surface area (Å²) in [5.74, 6) is -0.0479. The van der Waals surface area contributed by atoms with Gasteiger partial charge in [-0.1, -0.05) is 34.1 Å². The third kappa shape index (κ3) is 1.96. The smallest absolute Gasteiger partial charge is 0.246 e. The number of carbonyl (C=O) groups is 1. The molecule has 0 radical (unpaired) electrons. The van der Waals surface area contributed by atoms with E-state index in [-0.39, 0.29) is 18.6 Å². The van der Waals surface area contributed by atoms with E-state index in [1.165, 1.54) is 0 Å². The Kier molecular flexibility index (Phi) is 2.84. The van der Waals surface area contributed by atoms with E-state index in [1.807, 2.05) is 24.3 Å². The number of amides is 1. The van der Waals surface area contributed by atoms with Crippen molar-refractivity contribution in [1.82, 2.24) is 5.32 Å². The van der Waals surface area contributed by atoms with Gasteiger partial charge in [0.2, 0.25) is 5.91 Å². The lowest BCUT2D eigenvalue weighted by Gasteiger charge is -2.24. The molecule has 0 aliphatic carbocycles. The lowest BCUT2D eigenvalue weighted by atomic mass is 10.1. The number of rotatable bonds is 1. The quantitative estimate of drug-likeness (QED) is 0.829. The zero-order chi connectivity index (χ0) is 9.97. The van der Waals surface area contributed by atoms with Crippen molar-refractivity contribution >= 4 is 21.8 Å². The van der Waals surface area contributed by atoms with Crippen LogP contribution in [0.15, 0.2) is 28.7 Å². The third-order valence-corrected chi connectivity index (χ3v) is 2.87. The summed E-state index contributed by atoms with van der Waals surface area (Å²) in [6.07, 6.45) is -0.0386. The van der Waals surface area contributed by atoms with Crippen LogP contribution < -0.4 is 5.32 Å². The van der Waals surface area contributed by atoms with Gasteiger partial charge in [-0.2, -0.15) is 0 Å². The van der Waals surface area contributed by atoms with Gasteiger partial charge < -0.3 is 10.1 Å². The van der Waals surface area contributed by atoms with Gasteiger partial charge in [-0.15, -0.1) is 0 Å². The van der Waals surface area contributed by atoms with Gasteiger partial charge in [0, 0.05) is 11.0 Å². The molecule has 1 aromatic rings. The molecule has 1 fully saturated rings. The molecule has 1 aliphatic rings. The van der Waals surface area contributed by atoms with Crippen LogP contribution in [-0.2, 0) is 9.53 Å². The molecule has 1 N–H and O–H groups in total. The zero-order valence-electron chi connectivity index (χ0n) is 7.50.